The van der Waals surface area contributed by atoms with E-state index >= 15 is 0 Å². The van der Waals surface area contributed by atoms with Gasteiger partial charge in [-0.2, -0.15) is 0 Å². The topological polar surface area (TPSA) is 29.5 Å². The van der Waals surface area contributed by atoms with Gasteiger partial charge in [0, 0.05) is 5.41 Å². The lowest BCUT2D eigenvalue weighted by atomic mass is 9.57. The van der Waals surface area contributed by atoms with Gasteiger partial charge in [0.1, 0.15) is 11.4 Å². The van der Waals surface area contributed by atoms with E-state index < -0.39 is 5.60 Å². The molecule has 4 rings (SSSR count). The molecule has 1 aromatic carbocycles. The van der Waals surface area contributed by atoms with Gasteiger partial charge in [0.2, 0.25) is 0 Å². The molecule has 2 nitrogen and oxygen atoms in total. The van der Waals surface area contributed by atoms with E-state index in [0.29, 0.717) is 12.5 Å². The van der Waals surface area contributed by atoms with E-state index in [9.17, 15) is 5.11 Å². The van der Waals surface area contributed by atoms with E-state index in [-0.39, 0.29) is 5.41 Å². The lowest BCUT2D eigenvalue weighted by Crippen LogP contribution is -2.48. The third-order valence-corrected chi connectivity index (χ3v) is 7.16. The summed E-state index contributed by atoms with van der Waals surface area (Å²) in [6, 6.07) is 6.57. The Labute approximate surface area is 151 Å². The molecule has 0 spiro atoms. The molecule has 0 aromatic heterocycles. The zero-order valence-corrected chi connectivity index (χ0v) is 15.4. The van der Waals surface area contributed by atoms with Crippen LogP contribution in [0.1, 0.15) is 63.5 Å². The van der Waals surface area contributed by atoms with Crippen molar-refractivity contribution in [1.82, 2.24) is 0 Å². The predicted octanol–water partition coefficient (Wildman–Crippen LogP) is 4.75. The molecule has 0 radical (unpaired) electrons. The Hall–Kier alpha value is -1.72. The summed E-state index contributed by atoms with van der Waals surface area (Å²) in [5, 5.41) is 11.2. The van der Waals surface area contributed by atoms with Crippen LogP contribution in [0.5, 0.6) is 5.75 Å². The number of ether oxygens (including phenoxy) is 1. The summed E-state index contributed by atoms with van der Waals surface area (Å²) in [5.41, 5.74) is 4.88. The number of rotatable bonds is 3. The van der Waals surface area contributed by atoms with Crippen LogP contribution in [-0.4, -0.2) is 17.3 Å². The van der Waals surface area contributed by atoms with Crippen LogP contribution < -0.4 is 4.74 Å². The van der Waals surface area contributed by atoms with Gasteiger partial charge in [0.25, 0.3) is 0 Å². The Balaban J connectivity index is 1.77. The lowest BCUT2D eigenvalue weighted by Gasteiger charge is -2.48. The Morgan fingerprint density at radius 3 is 2.80 bits per heavy atom. The molecule has 3 atom stereocenters. The zero-order valence-electron chi connectivity index (χ0n) is 15.4. The van der Waals surface area contributed by atoms with Gasteiger partial charge in [-0.05, 0) is 86.6 Å². The van der Waals surface area contributed by atoms with Crippen molar-refractivity contribution in [3.63, 3.8) is 0 Å². The van der Waals surface area contributed by atoms with Gasteiger partial charge in [-0.3, -0.25) is 0 Å². The average molecular weight is 336 g/mol. The SMILES string of the molecule is C#C[C@]1(O)CC[C@H]2C3=C(CC[C@@]21CC)c1ccc(OCC)cc1CC3. The van der Waals surface area contributed by atoms with Crippen molar-refractivity contribution in [2.45, 2.75) is 64.4 Å². The first kappa shape index (κ1) is 16.7. The molecule has 0 unspecified atom stereocenters. The summed E-state index contributed by atoms with van der Waals surface area (Å²) in [5.74, 6) is 4.21. The highest BCUT2D eigenvalue weighted by Crippen LogP contribution is 2.63. The van der Waals surface area contributed by atoms with Crippen LogP contribution in [0.2, 0.25) is 0 Å². The fraction of sp³-hybridized carbons (Fsp3) is 0.565. The van der Waals surface area contributed by atoms with E-state index in [4.69, 9.17) is 11.2 Å². The van der Waals surface area contributed by atoms with Crippen molar-refractivity contribution in [3.05, 3.63) is 34.9 Å². The molecule has 0 saturated heterocycles. The normalized spacial score (nSPS) is 33.3. The molecule has 2 heteroatoms. The van der Waals surface area contributed by atoms with Crippen LogP contribution >= 0.6 is 0 Å². The van der Waals surface area contributed by atoms with E-state index in [2.05, 4.69) is 31.0 Å². The molecule has 3 aliphatic carbocycles. The zero-order chi connectivity index (χ0) is 17.7. The van der Waals surface area contributed by atoms with Gasteiger partial charge in [0.05, 0.1) is 6.61 Å². The first-order valence-electron chi connectivity index (χ1n) is 9.76. The minimum absolute atomic E-state index is 0.122. The number of hydrogen-bond acceptors (Lipinski definition) is 2. The van der Waals surface area contributed by atoms with Crippen molar-refractivity contribution >= 4 is 5.57 Å². The molecule has 1 N–H and O–H groups in total. The highest BCUT2D eigenvalue weighted by molar-refractivity contribution is 5.75. The maximum Gasteiger partial charge on any atom is 0.131 e. The maximum atomic E-state index is 11.2. The maximum absolute atomic E-state index is 11.2. The highest BCUT2D eigenvalue weighted by Gasteiger charge is 2.60. The molecule has 132 valence electrons. The van der Waals surface area contributed by atoms with Crippen LogP contribution in [0, 0.1) is 23.7 Å². The fourth-order valence-corrected chi connectivity index (χ4v) is 5.94. The Bertz CT molecular complexity index is 769. The van der Waals surface area contributed by atoms with Gasteiger partial charge in [-0.1, -0.05) is 24.5 Å². The summed E-state index contributed by atoms with van der Waals surface area (Å²) in [7, 11) is 0. The Kier molecular flexibility index (Phi) is 3.96. The number of aryl methyl sites for hydroxylation is 1. The average Bonchev–Trinajstić information content (AvgIpc) is 2.95. The van der Waals surface area contributed by atoms with Gasteiger partial charge >= 0.3 is 0 Å². The largest absolute Gasteiger partial charge is 0.494 e. The van der Waals surface area contributed by atoms with E-state index in [1.54, 1.807) is 5.57 Å². The molecule has 0 aliphatic heterocycles. The second-order valence-corrected chi connectivity index (χ2v) is 7.86. The van der Waals surface area contributed by atoms with Crippen LogP contribution in [-0.2, 0) is 6.42 Å². The van der Waals surface area contributed by atoms with Crippen molar-refractivity contribution in [2.75, 3.05) is 6.61 Å². The predicted molar refractivity (Wildman–Crippen MR) is 101 cm³/mol. The molecular formula is C23H28O2. The first-order valence-corrected chi connectivity index (χ1v) is 9.76. The molecule has 1 aromatic rings. The Morgan fingerprint density at radius 1 is 1.24 bits per heavy atom. The number of hydrogen-bond donors (Lipinski definition) is 1. The molecular weight excluding hydrogens is 308 g/mol. The number of fused-ring (bicyclic) bond motifs is 4. The first-order chi connectivity index (χ1) is 12.1. The summed E-state index contributed by atoms with van der Waals surface area (Å²) >= 11 is 0. The smallest absolute Gasteiger partial charge is 0.131 e. The van der Waals surface area contributed by atoms with Crippen LogP contribution in [0.3, 0.4) is 0 Å². The molecule has 0 amide bonds. The monoisotopic (exact) mass is 336 g/mol. The highest BCUT2D eigenvalue weighted by atomic mass is 16.5. The summed E-state index contributed by atoms with van der Waals surface area (Å²) < 4.78 is 5.68. The fourth-order valence-electron chi connectivity index (χ4n) is 5.94. The lowest BCUT2D eigenvalue weighted by molar-refractivity contribution is -0.0372. The molecule has 1 saturated carbocycles. The second-order valence-electron chi connectivity index (χ2n) is 7.86. The summed E-state index contributed by atoms with van der Waals surface area (Å²) in [4.78, 5) is 0. The number of allylic oxidation sites excluding steroid dienone is 2. The van der Waals surface area contributed by atoms with E-state index in [0.717, 1.165) is 50.7 Å². The quantitative estimate of drug-likeness (QED) is 0.807. The third-order valence-electron chi connectivity index (χ3n) is 7.16. The van der Waals surface area contributed by atoms with Crippen molar-refractivity contribution in [2.24, 2.45) is 11.3 Å². The van der Waals surface area contributed by atoms with E-state index in [1.165, 1.54) is 16.7 Å². The molecule has 25 heavy (non-hydrogen) atoms. The third kappa shape index (κ3) is 2.22. The summed E-state index contributed by atoms with van der Waals surface area (Å²) in [6.45, 7) is 4.94. The molecule has 1 fully saturated rings. The number of aliphatic hydroxyl groups is 1. The number of benzene rings is 1. The van der Waals surface area contributed by atoms with Crippen LogP contribution in [0.4, 0.5) is 0 Å². The molecule has 3 aliphatic rings. The van der Waals surface area contributed by atoms with Gasteiger partial charge < -0.3 is 9.84 Å². The molecule has 0 heterocycles. The van der Waals surface area contributed by atoms with Crippen LogP contribution in [0.25, 0.3) is 5.57 Å². The second kappa shape index (κ2) is 5.92. The summed E-state index contributed by atoms with van der Waals surface area (Å²) in [6.07, 6.45) is 12.7. The van der Waals surface area contributed by atoms with Gasteiger partial charge in [0.15, 0.2) is 0 Å². The minimum atomic E-state index is -0.927. The standard InChI is InChI=1S/C23H28O2/c1-4-22-13-11-19-18-10-8-17(25-6-3)15-16(18)7-9-20(19)21(22)12-14-23(22,24)5-2/h2,8,10,15,21,24H,4,6-7,9,11-14H2,1,3H3/t21-,22-,23-/m0/s1. The van der Waals surface area contributed by atoms with Crippen molar-refractivity contribution in [3.8, 4) is 18.1 Å². The van der Waals surface area contributed by atoms with Gasteiger partial charge in [-0.15, -0.1) is 6.42 Å². The number of terminal acetylenes is 1. The van der Waals surface area contributed by atoms with Crippen molar-refractivity contribution < 1.29 is 9.84 Å². The Morgan fingerprint density at radius 2 is 2.08 bits per heavy atom. The molecule has 0 bridgehead atoms. The van der Waals surface area contributed by atoms with Crippen molar-refractivity contribution in [1.29, 1.82) is 0 Å². The minimum Gasteiger partial charge on any atom is -0.494 e. The van der Waals surface area contributed by atoms with Crippen LogP contribution in [0.15, 0.2) is 23.8 Å². The van der Waals surface area contributed by atoms with E-state index in [1.807, 2.05) is 6.92 Å². The van der Waals surface area contributed by atoms with Gasteiger partial charge in [-0.25, -0.2) is 0 Å².